The highest BCUT2D eigenvalue weighted by molar-refractivity contribution is 5.76. The van der Waals surface area contributed by atoms with E-state index in [1.165, 1.54) is 4.57 Å². The first-order valence-electron chi connectivity index (χ1n) is 5.88. The molecule has 0 atom stereocenters. The molecule has 0 saturated heterocycles. The summed E-state index contributed by atoms with van der Waals surface area (Å²) < 4.78 is 11.5. The van der Waals surface area contributed by atoms with Gasteiger partial charge in [0.15, 0.2) is 5.58 Å². The van der Waals surface area contributed by atoms with Crippen molar-refractivity contribution in [1.82, 2.24) is 4.57 Å². The third kappa shape index (κ3) is 2.30. The summed E-state index contributed by atoms with van der Waals surface area (Å²) in [5.74, 6) is -0.755. The second kappa shape index (κ2) is 5.08. The van der Waals surface area contributed by atoms with E-state index >= 15 is 0 Å². The minimum Gasteiger partial charge on any atom is -0.466 e. The van der Waals surface area contributed by atoms with E-state index in [1.807, 2.05) is 19.1 Å². The van der Waals surface area contributed by atoms with Gasteiger partial charge in [-0.15, -0.1) is 0 Å². The zero-order chi connectivity index (χ0) is 13.1. The van der Waals surface area contributed by atoms with E-state index < -0.39 is 5.76 Å². The van der Waals surface area contributed by atoms with Crippen molar-refractivity contribution in [2.24, 2.45) is 0 Å². The summed E-state index contributed by atoms with van der Waals surface area (Å²) in [6.45, 7) is 4.24. The molecule has 0 aliphatic heterocycles. The molecule has 0 amide bonds. The molecule has 2 rings (SSSR count). The van der Waals surface area contributed by atoms with Crippen molar-refractivity contribution in [1.29, 1.82) is 0 Å². The Morgan fingerprint density at radius 3 is 2.94 bits per heavy atom. The lowest BCUT2D eigenvalue weighted by molar-refractivity contribution is -0.143. The Hall–Kier alpha value is -2.04. The first-order valence-corrected chi connectivity index (χ1v) is 5.88. The number of aromatic nitrogens is 1. The summed E-state index contributed by atoms with van der Waals surface area (Å²) >= 11 is 0. The minimum atomic E-state index is -0.441. The predicted octanol–water partition coefficient (Wildman–Crippen LogP) is 1.86. The van der Waals surface area contributed by atoms with Crippen LogP contribution in [-0.2, 0) is 16.1 Å². The van der Waals surface area contributed by atoms with Crippen molar-refractivity contribution in [3.05, 3.63) is 34.3 Å². The monoisotopic (exact) mass is 249 g/mol. The summed E-state index contributed by atoms with van der Waals surface area (Å²) in [5.41, 5.74) is 2.19. The van der Waals surface area contributed by atoms with Gasteiger partial charge in [-0.1, -0.05) is 12.1 Å². The van der Waals surface area contributed by atoms with Gasteiger partial charge in [0.2, 0.25) is 0 Å². The average molecular weight is 249 g/mol. The van der Waals surface area contributed by atoms with Gasteiger partial charge in [0.25, 0.3) is 0 Å². The van der Waals surface area contributed by atoms with E-state index in [4.69, 9.17) is 9.15 Å². The second-order valence-electron chi connectivity index (χ2n) is 4.00. The van der Waals surface area contributed by atoms with Crippen LogP contribution < -0.4 is 5.76 Å². The SMILES string of the molecule is CCOC(=O)CCn1c(=O)oc2c(C)cccc21. The molecule has 96 valence electrons. The fourth-order valence-electron chi connectivity index (χ4n) is 1.87. The van der Waals surface area contributed by atoms with E-state index in [2.05, 4.69) is 0 Å². The lowest BCUT2D eigenvalue weighted by Gasteiger charge is -2.02. The van der Waals surface area contributed by atoms with Crippen LogP contribution in [0.3, 0.4) is 0 Å². The molecule has 0 fully saturated rings. The molecule has 1 heterocycles. The maximum Gasteiger partial charge on any atom is 0.419 e. The molecular formula is C13H15NO4. The topological polar surface area (TPSA) is 61.4 Å². The number of hydrogen-bond donors (Lipinski definition) is 0. The molecular weight excluding hydrogens is 234 g/mol. The summed E-state index contributed by atoms with van der Waals surface area (Å²) in [6, 6.07) is 5.53. The van der Waals surface area contributed by atoms with Gasteiger partial charge in [-0.3, -0.25) is 9.36 Å². The fraction of sp³-hybridized carbons (Fsp3) is 0.385. The van der Waals surface area contributed by atoms with Gasteiger partial charge in [0, 0.05) is 6.54 Å². The lowest BCUT2D eigenvalue weighted by atomic mass is 10.2. The Bertz CT molecular complexity index is 623. The number of ether oxygens (including phenoxy) is 1. The molecule has 2 aromatic rings. The van der Waals surface area contributed by atoms with Crippen molar-refractivity contribution in [3.8, 4) is 0 Å². The number of esters is 1. The summed E-state index contributed by atoms with van der Waals surface area (Å²) in [4.78, 5) is 23.0. The van der Waals surface area contributed by atoms with Gasteiger partial charge in [0.05, 0.1) is 18.5 Å². The van der Waals surface area contributed by atoms with Gasteiger partial charge in [-0.25, -0.2) is 4.79 Å². The lowest BCUT2D eigenvalue weighted by Crippen LogP contribution is -2.17. The zero-order valence-electron chi connectivity index (χ0n) is 10.4. The number of oxazole rings is 1. The minimum absolute atomic E-state index is 0.163. The number of nitrogens with zero attached hydrogens (tertiary/aromatic N) is 1. The Kier molecular flexibility index (Phi) is 3.50. The Morgan fingerprint density at radius 1 is 1.44 bits per heavy atom. The van der Waals surface area contributed by atoms with Crippen molar-refractivity contribution >= 4 is 17.1 Å². The average Bonchev–Trinajstić information content (AvgIpc) is 2.65. The standard InChI is InChI=1S/C13H15NO4/c1-3-17-11(15)7-8-14-10-6-4-5-9(2)12(10)18-13(14)16/h4-6H,3,7-8H2,1-2H3. The normalized spacial score (nSPS) is 10.8. The number of fused-ring (bicyclic) bond motifs is 1. The van der Waals surface area contributed by atoms with E-state index in [9.17, 15) is 9.59 Å². The van der Waals surface area contributed by atoms with Crippen LogP contribution in [0.15, 0.2) is 27.4 Å². The second-order valence-corrected chi connectivity index (χ2v) is 4.00. The first kappa shape index (κ1) is 12.4. The maximum absolute atomic E-state index is 11.7. The molecule has 0 aliphatic rings. The summed E-state index contributed by atoms with van der Waals surface area (Å²) in [7, 11) is 0. The molecule has 0 aliphatic carbocycles. The zero-order valence-corrected chi connectivity index (χ0v) is 10.4. The molecule has 0 N–H and O–H groups in total. The van der Waals surface area contributed by atoms with E-state index in [-0.39, 0.29) is 18.9 Å². The third-order valence-electron chi connectivity index (χ3n) is 2.74. The number of aryl methyl sites for hydroxylation is 2. The Morgan fingerprint density at radius 2 is 2.22 bits per heavy atom. The Balaban J connectivity index is 2.28. The smallest absolute Gasteiger partial charge is 0.419 e. The molecule has 1 aromatic heterocycles. The van der Waals surface area contributed by atoms with Crippen molar-refractivity contribution in [2.75, 3.05) is 6.61 Å². The number of rotatable bonds is 4. The van der Waals surface area contributed by atoms with Crippen LogP contribution >= 0.6 is 0 Å². The van der Waals surface area contributed by atoms with Gasteiger partial charge in [-0.2, -0.15) is 0 Å². The molecule has 0 bridgehead atoms. The van der Waals surface area contributed by atoms with Gasteiger partial charge in [0.1, 0.15) is 0 Å². The number of para-hydroxylation sites is 1. The van der Waals surface area contributed by atoms with Crippen LogP contribution in [0, 0.1) is 6.92 Å². The number of hydrogen-bond acceptors (Lipinski definition) is 4. The highest BCUT2D eigenvalue weighted by atomic mass is 16.5. The number of carbonyl (C=O) groups is 1. The third-order valence-corrected chi connectivity index (χ3v) is 2.74. The molecule has 18 heavy (non-hydrogen) atoms. The fourth-order valence-corrected chi connectivity index (χ4v) is 1.87. The number of carbonyl (C=O) groups excluding carboxylic acids is 1. The van der Waals surface area contributed by atoms with Gasteiger partial charge < -0.3 is 9.15 Å². The molecule has 0 unspecified atom stereocenters. The van der Waals surface area contributed by atoms with Crippen LogP contribution in [0.25, 0.3) is 11.1 Å². The summed E-state index contributed by atoms with van der Waals surface area (Å²) in [5, 5.41) is 0. The predicted molar refractivity (Wildman–Crippen MR) is 66.5 cm³/mol. The molecule has 0 radical (unpaired) electrons. The molecule has 0 spiro atoms. The van der Waals surface area contributed by atoms with Crippen molar-refractivity contribution in [2.45, 2.75) is 26.8 Å². The first-order chi connectivity index (χ1) is 8.63. The highest BCUT2D eigenvalue weighted by Crippen LogP contribution is 2.17. The van der Waals surface area contributed by atoms with Crippen LogP contribution in [0.2, 0.25) is 0 Å². The van der Waals surface area contributed by atoms with Crippen LogP contribution in [0.1, 0.15) is 18.9 Å². The molecule has 1 aromatic carbocycles. The summed E-state index contributed by atoms with van der Waals surface area (Å²) in [6.07, 6.45) is 0.163. The van der Waals surface area contributed by atoms with Crippen LogP contribution in [0.4, 0.5) is 0 Å². The van der Waals surface area contributed by atoms with E-state index in [0.717, 1.165) is 5.56 Å². The molecule has 0 saturated carbocycles. The van der Waals surface area contributed by atoms with E-state index in [1.54, 1.807) is 13.0 Å². The highest BCUT2D eigenvalue weighted by Gasteiger charge is 2.12. The quantitative estimate of drug-likeness (QED) is 0.776. The molecule has 5 nitrogen and oxygen atoms in total. The van der Waals surface area contributed by atoms with Crippen molar-refractivity contribution in [3.63, 3.8) is 0 Å². The van der Waals surface area contributed by atoms with Crippen molar-refractivity contribution < 1.29 is 13.9 Å². The van der Waals surface area contributed by atoms with Crippen LogP contribution in [0.5, 0.6) is 0 Å². The maximum atomic E-state index is 11.7. The largest absolute Gasteiger partial charge is 0.466 e. The van der Waals surface area contributed by atoms with Gasteiger partial charge >= 0.3 is 11.7 Å². The number of benzene rings is 1. The van der Waals surface area contributed by atoms with Gasteiger partial charge in [-0.05, 0) is 25.5 Å². The Labute approximate surface area is 104 Å². The van der Waals surface area contributed by atoms with Crippen LogP contribution in [-0.4, -0.2) is 17.1 Å². The molecule has 5 heteroatoms. The van der Waals surface area contributed by atoms with E-state index in [0.29, 0.717) is 17.7 Å².